The number of amides is 2. The van der Waals surface area contributed by atoms with Crippen LogP contribution in [0.5, 0.6) is 17.2 Å². The topological polar surface area (TPSA) is 114 Å². The summed E-state index contributed by atoms with van der Waals surface area (Å²) in [6.45, 7) is 5.43. The molecule has 0 saturated heterocycles. The molecule has 0 aromatic heterocycles. The standard InChI is InChI=1S/C31H39N3O7S/c1-22(2)19-32-31(36)23(3)33(20-24-11-10-12-25(17-24)39-4)30(35)21-34(42(37,38)27-13-8-7-9-14-27)28-18-26(40-5)15-16-29(28)41-6/h7-18,22-23H,19-21H2,1-6H3,(H,32,36)/t23-/m1/s1. The molecule has 0 aliphatic rings. The van der Waals surface area contributed by atoms with Crippen LogP contribution in [-0.2, 0) is 26.2 Å². The summed E-state index contributed by atoms with van der Waals surface area (Å²) < 4.78 is 45.3. The van der Waals surface area contributed by atoms with Gasteiger partial charge in [0.05, 0.1) is 31.9 Å². The molecular formula is C31H39N3O7S. The zero-order valence-corrected chi connectivity index (χ0v) is 25.7. The third-order valence-corrected chi connectivity index (χ3v) is 8.38. The number of anilines is 1. The molecule has 2 amide bonds. The van der Waals surface area contributed by atoms with Crippen molar-refractivity contribution in [1.82, 2.24) is 10.2 Å². The Bertz CT molecular complexity index is 1460. The van der Waals surface area contributed by atoms with Gasteiger partial charge in [0.2, 0.25) is 11.8 Å². The Morgan fingerprint density at radius 2 is 1.50 bits per heavy atom. The summed E-state index contributed by atoms with van der Waals surface area (Å²) in [4.78, 5) is 28.7. The van der Waals surface area contributed by atoms with Gasteiger partial charge in [0, 0.05) is 19.2 Å². The number of carbonyl (C=O) groups excluding carboxylic acids is 2. The van der Waals surface area contributed by atoms with Gasteiger partial charge in [-0.25, -0.2) is 8.42 Å². The molecule has 11 heteroatoms. The minimum absolute atomic E-state index is 0.00950. The number of rotatable bonds is 14. The van der Waals surface area contributed by atoms with Crippen LogP contribution < -0.4 is 23.8 Å². The van der Waals surface area contributed by atoms with E-state index in [-0.39, 0.29) is 34.7 Å². The van der Waals surface area contributed by atoms with E-state index in [1.54, 1.807) is 55.5 Å². The van der Waals surface area contributed by atoms with E-state index >= 15 is 0 Å². The molecule has 42 heavy (non-hydrogen) atoms. The summed E-state index contributed by atoms with van der Waals surface area (Å²) in [6.07, 6.45) is 0. The molecule has 0 aliphatic carbocycles. The number of nitrogens with one attached hydrogen (secondary N) is 1. The van der Waals surface area contributed by atoms with E-state index in [9.17, 15) is 18.0 Å². The largest absolute Gasteiger partial charge is 0.497 e. The molecule has 0 bridgehead atoms. The fourth-order valence-corrected chi connectivity index (χ4v) is 5.66. The molecule has 0 fully saturated rings. The quantitative estimate of drug-likeness (QED) is 0.298. The summed E-state index contributed by atoms with van der Waals surface area (Å²) in [5, 5.41) is 2.87. The third-order valence-electron chi connectivity index (χ3n) is 6.60. The molecule has 3 aromatic carbocycles. The van der Waals surface area contributed by atoms with Gasteiger partial charge in [-0.15, -0.1) is 0 Å². The molecule has 0 radical (unpaired) electrons. The van der Waals surface area contributed by atoms with Crippen LogP contribution in [0.1, 0.15) is 26.3 Å². The molecule has 0 unspecified atom stereocenters. The SMILES string of the molecule is COc1cccc(CN(C(=O)CN(c2cc(OC)ccc2OC)S(=O)(=O)c2ccccc2)[C@H](C)C(=O)NCC(C)C)c1. The van der Waals surface area contributed by atoms with Crippen molar-refractivity contribution in [2.24, 2.45) is 5.92 Å². The average molecular weight is 598 g/mol. The highest BCUT2D eigenvalue weighted by Gasteiger charge is 2.34. The van der Waals surface area contributed by atoms with Crippen LogP contribution in [0.2, 0.25) is 0 Å². The van der Waals surface area contributed by atoms with Gasteiger partial charge in [0.25, 0.3) is 10.0 Å². The fourth-order valence-electron chi connectivity index (χ4n) is 4.23. The van der Waals surface area contributed by atoms with E-state index in [4.69, 9.17) is 14.2 Å². The zero-order chi connectivity index (χ0) is 30.9. The Morgan fingerprint density at radius 3 is 2.12 bits per heavy atom. The van der Waals surface area contributed by atoms with Crippen molar-refractivity contribution in [3.05, 3.63) is 78.4 Å². The smallest absolute Gasteiger partial charge is 0.264 e. The first kappa shape index (κ1) is 32.3. The molecule has 1 atom stereocenters. The maximum atomic E-state index is 14.1. The van der Waals surface area contributed by atoms with Crippen molar-refractivity contribution in [3.8, 4) is 17.2 Å². The fraction of sp³-hybridized carbons (Fsp3) is 0.355. The normalized spacial score (nSPS) is 11.9. The minimum atomic E-state index is -4.26. The second kappa shape index (κ2) is 14.6. The molecule has 0 spiro atoms. The predicted octanol–water partition coefficient (Wildman–Crippen LogP) is 4.10. The molecule has 10 nitrogen and oxygen atoms in total. The Morgan fingerprint density at radius 1 is 0.833 bits per heavy atom. The minimum Gasteiger partial charge on any atom is -0.497 e. The zero-order valence-electron chi connectivity index (χ0n) is 24.9. The van der Waals surface area contributed by atoms with Gasteiger partial charge in [0.15, 0.2) is 0 Å². The maximum Gasteiger partial charge on any atom is 0.264 e. The van der Waals surface area contributed by atoms with Gasteiger partial charge >= 0.3 is 0 Å². The molecule has 1 N–H and O–H groups in total. The van der Waals surface area contributed by atoms with Gasteiger partial charge in [0.1, 0.15) is 29.8 Å². The van der Waals surface area contributed by atoms with Crippen molar-refractivity contribution in [2.75, 3.05) is 38.7 Å². The number of carbonyl (C=O) groups is 2. The number of methoxy groups -OCH3 is 3. The van der Waals surface area contributed by atoms with Crippen molar-refractivity contribution >= 4 is 27.5 Å². The first-order valence-corrected chi connectivity index (χ1v) is 15.0. The summed E-state index contributed by atoms with van der Waals surface area (Å²) in [5.74, 6) is 0.457. The Labute approximate surface area is 248 Å². The number of benzene rings is 3. The summed E-state index contributed by atoms with van der Waals surface area (Å²) in [7, 11) is 0.150. The molecule has 3 rings (SSSR count). The Kier molecular flexibility index (Phi) is 11.2. The van der Waals surface area contributed by atoms with Crippen molar-refractivity contribution in [1.29, 1.82) is 0 Å². The monoisotopic (exact) mass is 597 g/mol. The summed E-state index contributed by atoms with van der Waals surface area (Å²) >= 11 is 0. The molecule has 3 aromatic rings. The van der Waals surface area contributed by atoms with Gasteiger partial charge in [-0.3, -0.25) is 13.9 Å². The summed E-state index contributed by atoms with van der Waals surface area (Å²) in [6, 6.07) is 18.7. The van der Waals surface area contributed by atoms with Crippen LogP contribution in [0.25, 0.3) is 0 Å². The number of hydrogen-bond acceptors (Lipinski definition) is 7. The lowest BCUT2D eigenvalue weighted by molar-refractivity contribution is -0.139. The predicted molar refractivity (Wildman–Crippen MR) is 161 cm³/mol. The highest BCUT2D eigenvalue weighted by Crippen LogP contribution is 2.36. The van der Waals surface area contributed by atoms with E-state index in [2.05, 4.69) is 5.32 Å². The average Bonchev–Trinajstić information content (AvgIpc) is 3.00. The van der Waals surface area contributed by atoms with Gasteiger partial charge in [-0.05, 0) is 54.8 Å². The van der Waals surface area contributed by atoms with Gasteiger partial charge < -0.3 is 24.4 Å². The van der Waals surface area contributed by atoms with Crippen LogP contribution in [0, 0.1) is 5.92 Å². The van der Waals surface area contributed by atoms with E-state index in [0.717, 1.165) is 4.31 Å². The second-order valence-electron chi connectivity index (χ2n) is 10.1. The molecule has 226 valence electrons. The summed E-state index contributed by atoms with van der Waals surface area (Å²) in [5.41, 5.74) is 0.829. The lowest BCUT2D eigenvalue weighted by Gasteiger charge is -2.32. The van der Waals surface area contributed by atoms with Crippen LogP contribution in [0.15, 0.2) is 77.7 Å². The van der Waals surface area contributed by atoms with Crippen molar-refractivity contribution in [2.45, 2.75) is 38.3 Å². The van der Waals surface area contributed by atoms with Gasteiger partial charge in [-0.1, -0.05) is 44.2 Å². The van der Waals surface area contributed by atoms with Crippen LogP contribution in [0.3, 0.4) is 0 Å². The highest BCUT2D eigenvalue weighted by atomic mass is 32.2. The number of nitrogens with zero attached hydrogens (tertiary/aromatic N) is 2. The maximum absolute atomic E-state index is 14.1. The van der Waals surface area contributed by atoms with E-state index in [0.29, 0.717) is 23.6 Å². The first-order chi connectivity index (χ1) is 20.0. The van der Waals surface area contributed by atoms with Crippen LogP contribution in [0.4, 0.5) is 5.69 Å². The third kappa shape index (κ3) is 7.94. The number of ether oxygens (including phenoxy) is 3. The Hall–Kier alpha value is -4.25. The first-order valence-electron chi connectivity index (χ1n) is 13.5. The number of sulfonamides is 1. The second-order valence-corrected chi connectivity index (χ2v) is 11.9. The van der Waals surface area contributed by atoms with E-state index < -0.39 is 28.5 Å². The highest BCUT2D eigenvalue weighted by molar-refractivity contribution is 7.92. The molecule has 0 aliphatic heterocycles. The lowest BCUT2D eigenvalue weighted by Crippen LogP contribution is -2.51. The van der Waals surface area contributed by atoms with Gasteiger partial charge in [-0.2, -0.15) is 0 Å². The molecule has 0 saturated carbocycles. The van der Waals surface area contributed by atoms with Crippen molar-refractivity contribution < 1.29 is 32.2 Å². The Balaban J connectivity index is 2.10. The van der Waals surface area contributed by atoms with E-state index in [1.807, 2.05) is 19.9 Å². The number of hydrogen-bond donors (Lipinski definition) is 1. The van der Waals surface area contributed by atoms with Crippen molar-refractivity contribution in [3.63, 3.8) is 0 Å². The van der Waals surface area contributed by atoms with E-state index in [1.165, 1.54) is 44.4 Å². The molecule has 0 heterocycles. The van der Waals surface area contributed by atoms with Crippen LogP contribution in [-0.4, -0.2) is 65.6 Å². The lowest BCUT2D eigenvalue weighted by atomic mass is 10.1. The van der Waals surface area contributed by atoms with Crippen LogP contribution >= 0.6 is 0 Å². The molecular weight excluding hydrogens is 558 g/mol.